The van der Waals surface area contributed by atoms with Crippen molar-refractivity contribution in [2.24, 2.45) is 7.05 Å². The maximum absolute atomic E-state index is 8.65. The molecule has 0 atom stereocenters. The lowest BCUT2D eigenvalue weighted by molar-refractivity contribution is 0.932. The molecule has 0 radical (unpaired) electrons. The van der Waals surface area contributed by atoms with E-state index in [4.69, 9.17) is 5.26 Å². The molecule has 2 rings (SSSR count). The van der Waals surface area contributed by atoms with Gasteiger partial charge in [-0.1, -0.05) is 25.1 Å². The van der Waals surface area contributed by atoms with Crippen molar-refractivity contribution in [3.8, 4) is 6.07 Å². The van der Waals surface area contributed by atoms with E-state index >= 15 is 0 Å². The van der Waals surface area contributed by atoms with Crippen LogP contribution in [0.4, 0.5) is 0 Å². The van der Waals surface area contributed by atoms with Crippen molar-refractivity contribution in [1.29, 1.82) is 5.26 Å². The van der Waals surface area contributed by atoms with Gasteiger partial charge in [-0.15, -0.1) is 0 Å². The lowest BCUT2D eigenvalue weighted by atomic mass is 10.0. The van der Waals surface area contributed by atoms with Crippen molar-refractivity contribution in [3.63, 3.8) is 0 Å². The first-order valence-electron chi connectivity index (χ1n) is 5.70. The first-order chi connectivity index (χ1) is 7.77. The second-order valence-electron chi connectivity index (χ2n) is 4.09. The molecule has 0 saturated heterocycles. The maximum atomic E-state index is 8.65. The van der Waals surface area contributed by atoms with Gasteiger partial charge >= 0.3 is 0 Å². The summed E-state index contributed by atoms with van der Waals surface area (Å²) in [7, 11) is 2.08. The molecule has 2 aromatic rings. The van der Waals surface area contributed by atoms with Gasteiger partial charge in [0.2, 0.25) is 0 Å². The molecule has 0 bridgehead atoms. The lowest BCUT2D eigenvalue weighted by Gasteiger charge is -2.02. The second-order valence-corrected chi connectivity index (χ2v) is 4.09. The summed E-state index contributed by atoms with van der Waals surface area (Å²) in [5.74, 6) is 0. The largest absolute Gasteiger partial charge is 0.350 e. The van der Waals surface area contributed by atoms with Gasteiger partial charge in [0.05, 0.1) is 11.6 Å². The van der Waals surface area contributed by atoms with Crippen LogP contribution in [0.15, 0.2) is 24.4 Å². The number of aromatic nitrogens is 1. The molecular formula is C14H16N2. The van der Waals surface area contributed by atoms with Crippen LogP contribution < -0.4 is 0 Å². The lowest BCUT2D eigenvalue weighted by Crippen LogP contribution is -1.89. The van der Waals surface area contributed by atoms with Crippen LogP contribution in [0.25, 0.3) is 10.9 Å². The molecule has 0 aliphatic heterocycles. The Labute approximate surface area is 96.1 Å². The van der Waals surface area contributed by atoms with Crippen molar-refractivity contribution in [1.82, 2.24) is 4.57 Å². The summed E-state index contributed by atoms with van der Waals surface area (Å²) in [6, 6.07) is 8.65. The number of nitriles is 1. The monoisotopic (exact) mass is 212 g/mol. The van der Waals surface area contributed by atoms with Crippen LogP contribution in [0.1, 0.15) is 24.5 Å². The minimum absolute atomic E-state index is 0.593. The number of aryl methyl sites for hydroxylation is 3. The van der Waals surface area contributed by atoms with Crippen LogP contribution in [-0.4, -0.2) is 4.57 Å². The van der Waals surface area contributed by atoms with E-state index in [0.717, 1.165) is 12.8 Å². The van der Waals surface area contributed by atoms with E-state index in [9.17, 15) is 0 Å². The fourth-order valence-electron chi connectivity index (χ4n) is 2.31. The molecule has 2 heteroatoms. The fourth-order valence-corrected chi connectivity index (χ4v) is 2.31. The fraction of sp³-hybridized carbons (Fsp3) is 0.357. The Balaban J connectivity index is 2.58. The van der Waals surface area contributed by atoms with E-state index in [0.29, 0.717) is 6.42 Å². The van der Waals surface area contributed by atoms with Gasteiger partial charge in [-0.05, 0) is 24.0 Å². The highest BCUT2D eigenvalue weighted by molar-refractivity contribution is 5.86. The third kappa shape index (κ3) is 1.69. The molecule has 0 aliphatic carbocycles. The minimum atomic E-state index is 0.593. The average Bonchev–Trinajstić information content (AvgIpc) is 2.64. The Morgan fingerprint density at radius 1 is 1.31 bits per heavy atom. The molecule has 82 valence electrons. The third-order valence-corrected chi connectivity index (χ3v) is 3.05. The van der Waals surface area contributed by atoms with Crippen molar-refractivity contribution < 1.29 is 0 Å². The average molecular weight is 212 g/mol. The first kappa shape index (κ1) is 10.8. The Kier molecular flexibility index (Phi) is 2.96. The van der Waals surface area contributed by atoms with Gasteiger partial charge < -0.3 is 4.57 Å². The molecule has 0 amide bonds. The number of benzene rings is 1. The molecule has 2 nitrogen and oxygen atoms in total. The summed E-state index contributed by atoms with van der Waals surface area (Å²) in [5, 5.41) is 9.95. The molecule has 0 N–H and O–H groups in total. The third-order valence-electron chi connectivity index (χ3n) is 3.05. The van der Waals surface area contributed by atoms with E-state index < -0.39 is 0 Å². The zero-order valence-electron chi connectivity index (χ0n) is 9.83. The van der Waals surface area contributed by atoms with E-state index in [1.807, 2.05) is 0 Å². The molecular weight excluding hydrogens is 196 g/mol. The minimum Gasteiger partial charge on any atom is -0.350 e. The SMILES string of the molecule is CCc1cccc2c(CCC#N)cn(C)c12. The van der Waals surface area contributed by atoms with Gasteiger partial charge in [0.15, 0.2) is 0 Å². The van der Waals surface area contributed by atoms with Crippen LogP contribution in [-0.2, 0) is 19.9 Å². The number of nitrogens with zero attached hydrogens (tertiary/aromatic N) is 2. The maximum Gasteiger partial charge on any atom is 0.0625 e. The van der Waals surface area contributed by atoms with E-state index in [1.54, 1.807) is 0 Å². The molecule has 0 saturated carbocycles. The van der Waals surface area contributed by atoms with Crippen LogP contribution >= 0.6 is 0 Å². The Hall–Kier alpha value is -1.75. The van der Waals surface area contributed by atoms with E-state index in [1.165, 1.54) is 22.0 Å². The van der Waals surface area contributed by atoms with E-state index in [2.05, 4.69) is 49.0 Å². The molecule has 0 spiro atoms. The standard InChI is InChI=1S/C14H16N2/c1-3-11-6-4-8-13-12(7-5-9-15)10-16(2)14(11)13/h4,6,8,10H,3,5,7H2,1-2H3. The number of para-hydroxylation sites is 1. The normalized spacial score (nSPS) is 10.6. The summed E-state index contributed by atoms with van der Waals surface area (Å²) in [4.78, 5) is 0. The predicted octanol–water partition coefficient (Wildman–Crippen LogP) is 3.20. The summed E-state index contributed by atoms with van der Waals surface area (Å²) in [6.45, 7) is 2.18. The summed E-state index contributed by atoms with van der Waals surface area (Å²) >= 11 is 0. The number of hydrogen-bond donors (Lipinski definition) is 0. The number of hydrogen-bond acceptors (Lipinski definition) is 1. The van der Waals surface area contributed by atoms with Crippen molar-refractivity contribution >= 4 is 10.9 Å². The zero-order valence-corrected chi connectivity index (χ0v) is 9.83. The Morgan fingerprint density at radius 2 is 2.12 bits per heavy atom. The van der Waals surface area contributed by atoms with Gasteiger partial charge in [-0.2, -0.15) is 5.26 Å². The topological polar surface area (TPSA) is 28.7 Å². The van der Waals surface area contributed by atoms with Crippen LogP contribution in [0.5, 0.6) is 0 Å². The Morgan fingerprint density at radius 3 is 2.81 bits per heavy atom. The molecule has 1 heterocycles. The van der Waals surface area contributed by atoms with Gasteiger partial charge in [0, 0.05) is 25.1 Å². The highest BCUT2D eigenvalue weighted by Gasteiger charge is 2.08. The van der Waals surface area contributed by atoms with Crippen LogP contribution in [0.2, 0.25) is 0 Å². The molecule has 1 aromatic carbocycles. The van der Waals surface area contributed by atoms with Crippen molar-refractivity contribution in [2.45, 2.75) is 26.2 Å². The van der Waals surface area contributed by atoms with Gasteiger partial charge in [0.1, 0.15) is 0 Å². The van der Waals surface area contributed by atoms with Gasteiger partial charge in [0.25, 0.3) is 0 Å². The van der Waals surface area contributed by atoms with Crippen molar-refractivity contribution in [2.75, 3.05) is 0 Å². The number of rotatable bonds is 3. The van der Waals surface area contributed by atoms with E-state index in [-0.39, 0.29) is 0 Å². The summed E-state index contributed by atoms with van der Waals surface area (Å²) < 4.78 is 2.18. The van der Waals surface area contributed by atoms with Crippen molar-refractivity contribution in [3.05, 3.63) is 35.5 Å². The number of fused-ring (bicyclic) bond motifs is 1. The van der Waals surface area contributed by atoms with Gasteiger partial charge in [-0.3, -0.25) is 0 Å². The predicted molar refractivity (Wildman–Crippen MR) is 66.2 cm³/mol. The van der Waals surface area contributed by atoms with Crippen LogP contribution in [0.3, 0.4) is 0 Å². The quantitative estimate of drug-likeness (QED) is 0.768. The molecule has 0 aliphatic rings. The molecule has 16 heavy (non-hydrogen) atoms. The highest BCUT2D eigenvalue weighted by atomic mass is 14.9. The molecule has 0 unspecified atom stereocenters. The van der Waals surface area contributed by atoms with Crippen LogP contribution in [0, 0.1) is 11.3 Å². The molecule has 1 aromatic heterocycles. The zero-order chi connectivity index (χ0) is 11.5. The van der Waals surface area contributed by atoms with Gasteiger partial charge in [-0.25, -0.2) is 0 Å². The highest BCUT2D eigenvalue weighted by Crippen LogP contribution is 2.25. The smallest absolute Gasteiger partial charge is 0.0625 e. The first-order valence-corrected chi connectivity index (χ1v) is 5.70. The molecule has 0 fully saturated rings. The summed E-state index contributed by atoms with van der Waals surface area (Å²) in [5.41, 5.74) is 3.98. The second kappa shape index (κ2) is 4.40. The Bertz CT molecular complexity index is 544. The summed E-state index contributed by atoms with van der Waals surface area (Å²) in [6.07, 6.45) is 4.64.